The van der Waals surface area contributed by atoms with E-state index in [4.69, 9.17) is 8.30 Å². The Morgan fingerprint density at radius 1 is 1.12 bits per heavy atom. The molecule has 0 saturated heterocycles. The van der Waals surface area contributed by atoms with Crippen molar-refractivity contribution in [1.29, 1.82) is 0 Å². The molecule has 3 saturated carbocycles. The third-order valence-electron chi connectivity index (χ3n) is 8.88. The summed E-state index contributed by atoms with van der Waals surface area (Å²) in [6, 6.07) is 0. The van der Waals surface area contributed by atoms with Crippen molar-refractivity contribution in [2.45, 2.75) is 92.0 Å². The van der Waals surface area contributed by atoms with Crippen LogP contribution in [0.25, 0.3) is 0 Å². The Morgan fingerprint density at radius 3 is 2.34 bits per heavy atom. The molecule has 4 aliphatic rings. The van der Waals surface area contributed by atoms with E-state index in [1.807, 2.05) is 0 Å². The third-order valence-corrected chi connectivity index (χ3v) is 9.26. The fraction of sp³-hybridized carbons (Fsp3) is 0.880. The molecule has 0 spiro atoms. The number of hydrogen-bond donors (Lipinski definition) is 1. The quantitative estimate of drug-likeness (QED) is 0.564. The van der Waals surface area contributed by atoms with Gasteiger partial charge in [0.25, 0.3) is 0 Å². The van der Waals surface area contributed by atoms with Crippen molar-refractivity contribution in [1.82, 2.24) is 4.90 Å². The van der Waals surface area contributed by atoms with Gasteiger partial charge in [-0.3, -0.25) is 9.35 Å². The van der Waals surface area contributed by atoms with Crippen molar-refractivity contribution >= 4 is 16.2 Å². The third kappa shape index (κ3) is 5.01. The zero-order chi connectivity index (χ0) is 26.4. The number of fused-ring (bicyclic) bond motifs is 5. The molecule has 184 valence electrons. The van der Waals surface area contributed by atoms with E-state index in [2.05, 4.69) is 32.6 Å². The van der Waals surface area contributed by atoms with Gasteiger partial charge in [-0.1, -0.05) is 40.2 Å². The van der Waals surface area contributed by atoms with Crippen LogP contribution in [0, 0.1) is 28.6 Å². The van der Waals surface area contributed by atoms with E-state index in [-0.39, 0.29) is 35.4 Å². The van der Waals surface area contributed by atoms with E-state index in [0.717, 1.165) is 25.7 Å². The monoisotopic (exact) mass is 472 g/mol. The van der Waals surface area contributed by atoms with Crippen molar-refractivity contribution in [3.8, 4) is 0 Å². The number of rotatable bonds is 5. The summed E-state index contributed by atoms with van der Waals surface area (Å²) in [5.74, 6) is 0.385. The Labute approximate surface area is 199 Å². The predicted molar refractivity (Wildman–Crippen MR) is 127 cm³/mol. The largest absolute Gasteiger partial charge is 0.397 e. The van der Waals surface area contributed by atoms with Crippen LogP contribution >= 0.6 is 0 Å². The lowest BCUT2D eigenvalue weighted by Gasteiger charge is -2.57. The van der Waals surface area contributed by atoms with Gasteiger partial charge in [0.1, 0.15) is 0 Å². The molecule has 0 unspecified atom stereocenters. The minimum Gasteiger partial charge on any atom is -0.304 e. The van der Waals surface area contributed by atoms with E-state index < -0.39 is 28.3 Å². The summed E-state index contributed by atoms with van der Waals surface area (Å²) >= 11 is 0. The van der Waals surface area contributed by atoms with Crippen LogP contribution in [0.2, 0.25) is 0 Å². The van der Waals surface area contributed by atoms with Gasteiger partial charge in [0.2, 0.25) is 0 Å². The number of hydrogen-bond acceptors (Lipinski definition) is 5. The number of nitrogens with zero attached hydrogens (tertiary/aromatic N) is 1. The summed E-state index contributed by atoms with van der Waals surface area (Å²) in [6.45, 7) is 14.1. The van der Waals surface area contributed by atoms with Gasteiger partial charge < -0.3 is 4.90 Å². The topological polar surface area (TPSA) is 83.9 Å². The highest BCUT2D eigenvalue weighted by Crippen LogP contribution is 2.65. The van der Waals surface area contributed by atoms with Gasteiger partial charge in [0.05, 0.1) is 7.45 Å². The summed E-state index contributed by atoms with van der Waals surface area (Å²) in [4.78, 5) is 14.3. The van der Waals surface area contributed by atoms with Crippen LogP contribution in [0.4, 0.5) is 0 Å². The molecule has 0 radical (unpaired) electrons. The minimum atomic E-state index is -4.97. The van der Waals surface area contributed by atoms with E-state index in [9.17, 15) is 17.8 Å². The Morgan fingerprint density at radius 2 is 1.78 bits per heavy atom. The van der Waals surface area contributed by atoms with E-state index in [0.29, 0.717) is 12.8 Å². The van der Waals surface area contributed by atoms with Crippen LogP contribution in [0.3, 0.4) is 0 Å². The molecule has 0 aliphatic heterocycles. The smallest absolute Gasteiger partial charge is 0.304 e. The van der Waals surface area contributed by atoms with Gasteiger partial charge >= 0.3 is 10.4 Å². The van der Waals surface area contributed by atoms with Gasteiger partial charge in [0.15, 0.2) is 5.78 Å². The number of carbonyl (C=O) groups excluding carboxylic acids is 1. The van der Waals surface area contributed by atoms with Crippen molar-refractivity contribution in [3.05, 3.63) is 11.6 Å². The second kappa shape index (κ2) is 9.85. The molecule has 0 aromatic heterocycles. The lowest BCUT2D eigenvalue weighted by Crippen LogP contribution is -2.51. The molecular weight excluding hydrogens is 426 g/mol. The molecule has 4 rings (SSSR count). The molecule has 4 aliphatic carbocycles. The first-order valence-electron chi connectivity index (χ1n) is 13.7. The molecule has 6 atom stereocenters. The molecule has 6 nitrogen and oxygen atoms in total. The maximum absolute atomic E-state index is 11.9. The summed E-state index contributed by atoms with van der Waals surface area (Å²) in [5.41, 5.74) is 0.0818. The van der Waals surface area contributed by atoms with Crippen LogP contribution in [0.1, 0.15) is 90.0 Å². The Bertz CT molecular complexity index is 947. The van der Waals surface area contributed by atoms with Gasteiger partial charge in [-0.2, -0.15) is 8.42 Å². The average molecular weight is 473 g/mol. The first-order valence-corrected chi connectivity index (χ1v) is 13.6. The van der Waals surface area contributed by atoms with Gasteiger partial charge in [-0.15, -0.1) is 0 Å². The molecule has 0 aromatic rings. The van der Waals surface area contributed by atoms with Crippen LogP contribution in [0.15, 0.2) is 11.6 Å². The van der Waals surface area contributed by atoms with Crippen molar-refractivity contribution in [3.63, 3.8) is 0 Å². The van der Waals surface area contributed by atoms with E-state index >= 15 is 0 Å². The molecule has 3 fully saturated rings. The molecule has 0 aromatic carbocycles. The van der Waals surface area contributed by atoms with Crippen molar-refractivity contribution < 1.29 is 26.1 Å². The van der Waals surface area contributed by atoms with Crippen molar-refractivity contribution in [2.75, 3.05) is 19.6 Å². The molecule has 1 N–H and O–H groups in total. The highest BCUT2D eigenvalue weighted by Gasteiger charge is 2.60. The average Bonchev–Trinajstić information content (AvgIpc) is 2.91. The zero-order valence-electron chi connectivity index (χ0n) is 23.3. The lowest BCUT2D eigenvalue weighted by molar-refractivity contribution is -0.117. The summed E-state index contributed by atoms with van der Waals surface area (Å²) in [7, 11) is -4.97. The fourth-order valence-electron chi connectivity index (χ4n) is 6.84. The first-order chi connectivity index (χ1) is 16.1. The standard InChI is InChI=1S/C19H28O5S.C6H15N/c1-18-9-7-13(20)11-12(18)3-4-14-15-5-6-17(24-25(21,22)23)19(15,2)10-8-16(14)18;1-4-7(5-2)6-3/h11,14-17H,3-10H2,1-2H3,(H,21,22,23);4-6H2,1-3H3/t14-,15-,16-,17+,18-,19-;/m0./s1/i6D2,17D;. The molecule has 32 heavy (non-hydrogen) atoms. The van der Waals surface area contributed by atoms with E-state index in [1.165, 1.54) is 25.2 Å². The first kappa shape index (κ1) is 21.8. The number of ketones is 1. The summed E-state index contributed by atoms with van der Waals surface area (Å²) < 4.78 is 62.5. The van der Waals surface area contributed by atoms with Gasteiger partial charge in [-0.25, -0.2) is 4.18 Å². The van der Waals surface area contributed by atoms with Crippen LogP contribution in [0.5, 0.6) is 0 Å². The SMILES string of the molecule is CCN(CC)CC.[2H]C1([2H])C[C@H]2[C@@H]3CCC4=CC(=O)CC[C@]4(C)[C@H]3CC[C@]2(C)[C@]1([2H])OS(=O)(=O)O. The summed E-state index contributed by atoms with van der Waals surface area (Å²) in [5, 5.41) is 0. The molecule has 7 heteroatoms. The number of allylic oxidation sites excluding steroid dienone is 1. The Kier molecular flexibility index (Phi) is 6.69. The second-order valence-corrected chi connectivity index (χ2v) is 11.3. The molecular formula is C25H43NO5S. The van der Waals surface area contributed by atoms with Crippen molar-refractivity contribution in [2.24, 2.45) is 28.6 Å². The second-order valence-electron chi connectivity index (χ2n) is 10.3. The summed E-state index contributed by atoms with van der Waals surface area (Å²) in [6.07, 6.45) is 1.37. The molecule has 0 amide bonds. The Balaban J connectivity index is 0.000000429. The predicted octanol–water partition coefficient (Wildman–Crippen LogP) is 5.05. The normalized spacial score (nSPS) is 44.1. The maximum atomic E-state index is 11.9. The minimum absolute atomic E-state index is 0.0394. The zero-order valence-corrected chi connectivity index (χ0v) is 21.1. The number of carbonyl (C=O) groups is 1. The van der Waals surface area contributed by atoms with Crippen LogP contribution < -0.4 is 0 Å². The van der Waals surface area contributed by atoms with Gasteiger partial charge in [0, 0.05) is 9.16 Å². The maximum Gasteiger partial charge on any atom is 0.397 e. The van der Waals surface area contributed by atoms with Crippen LogP contribution in [-0.4, -0.2) is 49.4 Å². The Hall–Kier alpha value is -0.760. The lowest BCUT2D eigenvalue weighted by atomic mass is 9.47. The molecule has 0 heterocycles. The van der Waals surface area contributed by atoms with Gasteiger partial charge in [-0.05, 0) is 99.2 Å². The fourth-order valence-corrected chi connectivity index (χ4v) is 7.30. The van der Waals surface area contributed by atoms with E-state index in [1.54, 1.807) is 13.0 Å². The van der Waals surface area contributed by atoms with Crippen LogP contribution in [-0.2, 0) is 19.4 Å². The highest BCUT2D eigenvalue weighted by atomic mass is 32.3. The highest BCUT2D eigenvalue weighted by molar-refractivity contribution is 7.80. The molecule has 0 bridgehead atoms.